The Morgan fingerprint density at radius 1 is 1.33 bits per heavy atom. The second-order valence-electron chi connectivity index (χ2n) is 3.91. The lowest BCUT2D eigenvalue weighted by Gasteiger charge is -2.10. The lowest BCUT2D eigenvalue weighted by molar-refractivity contribution is -0.148. The normalized spacial score (nSPS) is 17.4. The smallest absolute Gasteiger partial charge is 0.306 e. The molecule has 0 unspecified atom stereocenters. The molecule has 1 rings (SSSR count). The molecule has 0 aromatic heterocycles. The second-order valence-corrected chi connectivity index (χ2v) is 4.80. The van der Waals surface area contributed by atoms with Gasteiger partial charge >= 0.3 is 5.97 Å². The average molecular weight is 322 g/mol. The summed E-state index contributed by atoms with van der Waals surface area (Å²) < 4.78 is 6.40. The van der Waals surface area contributed by atoms with Crippen molar-refractivity contribution in [2.45, 2.75) is 51.0 Å². The number of esters is 1. The molecule has 0 radical (unpaired) electrons. The van der Waals surface area contributed by atoms with Gasteiger partial charge in [0.05, 0.1) is 0 Å². The quantitative estimate of drug-likeness (QED) is 0.245. The van der Waals surface area contributed by atoms with Crippen molar-refractivity contribution in [1.29, 1.82) is 0 Å². The summed E-state index contributed by atoms with van der Waals surface area (Å²) in [5.41, 5.74) is 0. The zero-order chi connectivity index (χ0) is 10.9. The molecule has 0 amide bonds. The lowest BCUT2D eigenvalue weighted by atomic mass is 10.2. The fraction of sp³-hybridized carbons (Fsp3) is 0.750. The van der Waals surface area contributed by atoms with Crippen molar-refractivity contribution in [3.8, 4) is 0 Å². The summed E-state index contributed by atoms with van der Waals surface area (Å²) in [6.45, 7) is 0. The third-order valence-electron chi connectivity index (χ3n) is 2.61. The van der Waals surface area contributed by atoms with Crippen LogP contribution in [0.15, 0.2) is 12.2 Å². The highest BCUT2D eigenvalue weighted by atomic mass is 127. The molecule has 3 heteroatoms. The predicted molar refractivity (Wildman–Crippen MR) is 70.2 cm³/mol. The zero-order valence-electron chi connectivity index (χ0n) is 9.08. The Balaban J connectivity index is 2.00. The summed E-state index contributed by atoms with van der Waals surface area (Å²) in [6.07, 6.45) is 11.5. The van der Waals surface area contributed by atoms with Gasteiger partial charge < -0.3 is 4.74 Å². The highest BCUT2D eigenvalue weighted by molar-refractivity contribution is 14.1. The summed E-state index contributed by atoms with van der Waals surface area (Å²) in [5, 5.41) is 0. The molecule has 0 spiro atoms. The number of carbonyl (C=O) groups is 1. The number of hydrogen-bond donors (Lipinski definition) is 0. The van der Waals surface area contributed by atoms with E-state index >= 15 is 0 Å². The van der Waals surface area contributed by atoms with Crippen LogP contribution in [0.25, 0.3) is 0 Å². The molecule has 0 heterocycles. The Morgan fingerprint density at radius 3 is 2.73 bits per heavy atom. The van der Waals surface area contributed by atoms with Crippen LogP contribution in [0.1, 0.15) is 44.9 Å². The van der Waals surface area contributed by atoms with Crippen molar-refractivity contribution in [3.05, 3.63) is 12.2 Å². The molecule has 2 nitrogen and oxygen atoms in total. The molecular weight excluding hydrogens is 303 g/mol. The minimum Gasteiger partial charge on any atom is -0.462 e. The summed E-state index contributed by atoms with van der Waals surface area (Å²) in [4.78, 5) is 11.4. The maximum atomic E-state index is 11.4. The maximum absolute atomic E-state index is 11.4. The topological polar surface area (TPSA) is 26.3 Å². The van der Waals surface area contributed by atoms with Gasteiger partial charge in [-0.1, -0.05) is 34.7 Å². The number of ether oxygens (including phenoxy) is 1. The fourth-order valence-corrected chi connectivity index (χ4v) is 2.16. The van der Waals surface area contributed by atoms with Gasteiger partial charge in [0.25, 0.3) is 0 Å². The van der Waals surface area contributed by atoms with Gasteiger partial charge in [-0.15, -0.1) is 0 Å². The largest absolute Gasteiger partial charge is 0.462 e. The minimum atomic E-state index is -0.00947. The van der Waals surface area contributed by atoms with Gasteiger partial charge in [-0.25, -0.2) is 0 Å². The number of allylic oxidation sites excluding steroid dienone is 2. The van der Waals surface area contributed by atoms with E-state index in [-0.39, 0.29) is 12.1 Å². The first kappa shape index (κ1) is 13.0. The van der Waals surface area contributed by atoms with E-state index in [1.807, 2.05) is 0 Å². The highest BCUT2D eigenvalue weighted by Gasteiger charge is 2.18. The summed E-state index contributed by atoms with van der Waals surface area (Å²) in [5.74, 6) is -0.00947. The van der Waals surface area contributed by atoms with Gasteiger partial charge in [0.1, 0.15) is 6.10 Å². The Labute approximate surface area is 106 Å². The molecule has 15 heavy (non-hydrogen) atoms. The molecule has 0 aromatic carbocycles. The number of alkyl halides is 1. The fourth-order valence-electron chi connectivity index (χ4n) is 1.80. The number of carbonyl (C=O) groups excluding carboxylic acids is 1. The molecule has 1 aliphatic rings. The summed E-state index contributed by atoms with van der Waals surface area (Å²) in [6, 6.07) is 0. The Bertz CT molecular complexity index is 208. The molecule has 0 bridgehead atoms. The molecule has 0 saturated heterocycles. The SMILES string of the molecule is O=C(CCC/C=C\CI)OC1CCCC1. The van der Waals surface area contributed by atoms with Crippen LogP contribution < -0.4 is 0 Å². The average Bonchev–Trinajstić information content (AvgIpc) is 2.70. The van der Waals surface area contributed by atoms with Gasteiger partial charge in [0, 0.05) is 10.8 Å². The second kappa shape index (κ2) is 8.13. The van der Waals surface area contributed by atoms with E-state index in [9.17, 15) is 4.79 Å². The van der Waals surface area contributed by atoms with Crippen molar-refractivity contribution < 1.29 is 9.53 Å². The summed E-state index contributed by atoms with van der Waals surface area (Å²) in [7, 11) is 0. The number of hydrogen-bond acceptors (Lipinski definition) is 2. The molecule has 0 atom stereocenters. The standard InChI is InChI=1S/C12H19IO2/c13-10-6-2-1-3-9-12(14)15-11-7-4-5-8-11/h2,6,11H,1,3-5,7-10H2/b6-2-. The van der Waals surface area contributed by atoms with Crippen LogP contribution in [-0.4, -0.2) is 16.5 Å². The number of halogens is 1. The first-order chi connectivity index (χ1) is 7.33. The van der Waals surface area contributed by atoms with Crippen LogP contribution in [0.5, 0.6) is 0 Å². The maximum Gasteiger partial charge on any atom is 0.306 e. The first-order valence-electron chi connectivity index (χ1n) is 5.73. The highest BCUT2D eigenvalue weighted by Crippen LogP contribution is 2.21. The molecular formula is C12H19IO2. The zero-order valence-corrected chi connectivity index (χ0v) is 11.2. The Kier molecular flexibility index (Phi) is 7.05. The van der Waals surface area contributed by atoms with E-state index in [4.69, 9.17) is 4.74 Å². The molecule has 0 N–H and O–H groups in total. The predicted octanol–water partition coefficient (Wildman–Crippen LogP) is 3.63. The van der Waals surface area contributed by atoms with Gasteiger partial charge in [-0.3, -0.25) is 4.79 Å². The number of rotatable bonds is 6. The number of unbranched alkanes of at least 4 members (excludes halogenated alkanes) is 1. The lowest BCUT2D eigenvalue weighted by Crippen LogP contribution is -2.14. The van der Waals surface area contributed by atoms with Crippen molar-refractivity contribution in [3.63, 3.8) is 0 Å². The van der Waals surface area contributed by atoms with Crippen molar-refractivity contribution in [2.75, 3.05) is 4.43 Å². The van der Waals surface area contributed by atoms with Gasteiger partial charge in [0.15, 0.2) is 0 Å². The van der Waals surface area contributed by atoms with Crippen LogP contribution in [0, 0.1) is 0 Å². The van der Waals surface area contributed by atoms with E-state index in [1.165, 1.54) is 12.8 Å². The molecule has 1 aliphatic carbocycles. The molecule has 0 aliphatic heterocycles. The van der Waals surface area contributed by atoms with Gasteiger partial charge in [-0.05, 0) is 38.5 Å². The Hall–Kier alpha value is -0.0600. The van der Waals surface area contributed by atoms with Crippen LogP contribution in [0.3, 0.4) is 0 Å². The first-order valence-corrected chi connectivity index (χ1v) is 7.26. The molecule has 1 fully saturated rings. The van der Waals surface area contributed by atoms with Crippen molar-refractivity contribution in [1.82, 2.24) is 0 Å². The van der Waals surface area contributed by atoms with Gasteiger partial charge in [0.2, 0.25) is 0 Å². The van der Waals surface area contributed by atoms with Crippen molar-refractivity contribution >= 4 is 28.6 Å². The Morgan fingerprint density at radius 2 is 2.07 bits per heavy atom. The molecule has 1 saturated carbocycles. The summed E-state index contributed by atoms with van der Waals surface area (Å²) >= 11 is 2.31. The monoisotopic (exact) mass is 322 g/mol. The van der Waals surface area contributed by atoms with E-state index < -0.39 is 0 Å². The molecule has 86 valence electrons. The van der Waals surface area contributed by atoms with E-state index in [0.717, 1.165) is 30.1 Å². The van der Waals surface area contributed by atoms with Crippen LogP contribution in [0.2, 0.25) is 0 Å². The van der Waals surface area contributed by atoms with E-state index in [0.29, 0.717) is 6.42 Å². The third kappa shape index (κ3) is 6.17. The van der Waals surface area contributed by atoms with Crippen LogP contribution in [-0.2, 0) is 9.53 Å². The van der Waals surface area contributed by atoms with E-state index in [2.05, 4.69) is 34.7 Å². The van der Waals surface area contributed by atoms with Crippen LogP contribution >= 0.6 is 22.6 Å². The van der Waals surface area contributed by atoms with Crippen molar-refractivity contribution in [2.24, 2.45) is 0 Å². The van der Waals surface area contributed by atoms with Crippen LogP contribution in [0.4, 0.5) is 0 Å². The minimum absolute atomic E-state index is 0.00947. The molecule has 0 aromatic rings. The van der Waals surface area contributed by atoms with E-state index in [1.54, 1.807) is 0 Å². The third-order valence-corrected chi connectivity index (χ3v) is 3.12. The van der Waals surface area contributed by atoms with Gasteiger partial charge in [-0.2, -0.15) is 0 Å².